The van der Waals surface area contributed by atoms with E-state index in [0.29, 0.717) is 16.9 Å². The first-order valence-electron chi connectivity index (χ1n) is 4.97. The Labute approximate surface area is 106 Å². The van der Waals surface area contributed by atoms with E-state index in [1.165, 1.54) is 0 Å². The molecule has 0 radical (unpaired) electrons. The topological polar surface area (TPSA) is 89.3 Å². The maximum atomic E-state index is 11.6. The molecule has 1 rings (SSSR count). The number of sulfonamides is 1. The fourth-order valence-corrected chi connectivity index (χ4v) is 2.04. The standard InChI is InChI=1S/C10H14N2O3S2/c11-17(14,15)7-3-6-12-10(13)8-4-1-2-5-9(8)16/h1-2,4-5,16H,3,6-7H2,(H,12,13)(H2,11,14,15). The van der Waals surface area contributed by atoms with Crippen LogP contribution >= 0.6 is 12.6 Å². The van der Waals surface area contributed by atoms with Gasteiger partial charge in [0.05, 0.1) is 11.3 Å². The molecule has 94 valence electrons. The van der Waals surface area contributed by atoms with Gasteiger partial charge in [-0.2, -0.15) is 0 Å². The van der Waals surface area contributed by atoms with Crippen LogP contribution in [0.4, 0.5) is 0 Å². The predicted molar refractivity (Wildman–Crippen MR) is 68.6 cm³/mol. The van der Waals surface area contributed by atoms with Crippen molar-refractivity contribution < 1.29 is 13.2 Å². The molecule has 0 aliphatic heterocycles. The van der Waals surface area contributed by atoms with Gasteiger partial charge >= 0.3 is 0 Å². The number of carbonyl (C=O) groups excluding carboxylic acids is 1. The van der Waals surface area contributed by atoms with Gasteiger partial charge in [0.25, 0.3) is 5.91 Å². The van der Waals surface area contributed by atoms with Crippen molar-refractivity contribution >= 4 is 28.6 Å². The predicted octanol–water partition coefficient (Wildman–Crippen LogP) is 0.384. The Hall–Kier alpha value is -1.05. The monoisotopic (exact) mass is 274 g/mol. The van der Waals surface area contributed by atoms with E-state index in [-0.39, 0.29) is 18.2 Å². The van der Waals surface area contributed by atoms with Crippen molar-refractivity contribution in [2.24, 2.45) is 5.14 Å². The third kappa shape index (κ3) is 5.20. The van der Waals surface area contributed by atoms with E-state index >= 15 is 0 Å². The second kappa shape index (κ2) is 6.04. The summed E-state index contributed by atoms with van der Waals surface area (Å²) in [6, 6.07) is 6.87. The molecule has 17 heavy (non-hydrogen) atoms. The van der Waals surface area contributed by atoms with Gasteiger partial charge in [0, 0.05) is 11.4 Å². The van der Waals surface area contributed by atoms with Gasteiger partial charge in [0.15, 0.2) is 0 Å². The van der Waals surface area contributed by atoms with E-state index < -0.39 is 10.0 Å². The molecule has 1 aromatic rings. The zero-order valence-electron chi connectivity index (χ0n) is 9.09. The SMILES string of the molecule is NS(=O)(=O)CCCNC(=O)c1ccccc1S. The fraction of sp³-hybridized carbons (Fsp3) is 0.300. The lowest BCUT2D eigenvalue weighted by Gasteiger charge is -2.06. The van der Waals surface area contributed by atoms with Crippen LogP contribution in [-0.2, 0) is 10.0 Å². The number of hydrogen-bond acceptors (Lipinski definition) is 4. The second-order valence-corrected chi connectivity index (χ2v) is 5.71. The Morgan fingerprint density at radius 3 is 2.59 bits per heavy atom. The van der Waals surface area contributed by atoms with Crippen LogP contribution in [0.25, 0.3) is 0 Å². The Balaban J connectivity index is 2.44. The van der Waals surface area contributed by atoms with E-state index in [1.807, 2.05) is 0 Å². The zero-order chi connectivity index (χ0) is 12.9. The summed E-state index contributed by atoms with van der Waals surface area (Å²) in [6.45, 7) is 0.261. The number of thiol groups is 1. The zero-order valence-corrected chi connectivity index (χ0v) is 10.8. The summed E-state index contributed by atoms with van der Waals surface area (Å²) in [6.07, 6.45) is 0.291. The van der Waals surface area contributed by atoms with E-state index in [9.17, 15) is 13.2 Å². The Bertz CT molecular complexity index is 500. The molecule has 0 fully saturated rings. The minimum atomic E-state index is -3.46. The normalized spacial score (nSPS) is 11.2. The molecule has 0 aliphatic rings. The first kappa shape index (κ1) is 14.0. The van der Waals surface area contributed by atoms with Crippen molar-refractivity contribution in [1.82, 2.24) is 5.32 Å². The number of benzene rings is 1. The van der Waals surface area contributed by atoms with Crippen molar-refractivity contribution in [2.45, 2.75) is 11.3 Å². The molecule has 0 unspecified atom stereocenters. The molecule has 5 nitrogen and oxygen atoms in total. The average molecular weight is 274 g/mol. The van der Waals surface area contributed by atoms with Crippen LogP contribution in [0.15, 0.2) is 29.2 Å². The van der Waals surface area contributed by atoms with Crippen molar-refractivity contribution in [3.63, 3.8) is 0 Å². The highest BCUT2D eigenvalue weighted by Gasteiger charge is 2.08. The van der Waals surface area contributed by atoms with Crippen molar-refractivity contribution in [1.29, 1.82) is 0 Å². The van der Waals surface area contributed by atoms with Crippen LogP contribution in [-0.4, -0.2) is 26.6 Å². The lowest BCUT2D eigenvalue weighted by molar-refractivity contribution is 0.0951. The van der Waals surface area contributed by atoms with Gasteiger partial charge in [0.2, 0.25) is 10.0 Å². The molecule has 0 atom stereocenters. The van der Waals surface area contributed by atoms with Crippen molar-refractivity contribution in [2.75, 3.05) is 12.3 Å². The van der Waals surface area contributed by atoms with Crippen LogP contribution in [0.3, 0.4) is 0 Å². The van der Waals surface area contributed by atoms with Crippen molar-refractivity contribution in [3.05, 3.63) is 29.8 Å². The number of amides is 1. The third-order valence-electron chi connectivity index (χ3n) is 2.04. The molecule has 3 N–H and O–H groups in total. The summed E-state index contributed by atoms with van der Waals surface area (Å²) in [5.41, 5.74) is 0.464. The smallest absolute Gasteiger partial charge is 0.252 e. The highest BCUT2D eigenvalue weighted by Crippen LogP contribution is 2.12. The molecule has 1 aromatic carbocycles. The van der Waals surface area contributed by atoms with Gasteiger partial charge in [-0.05, 0) is 18.6 Å². The highest BCUT2D eigenvalue weighted by molar-refractivity contribution is 7.89. The quantitative estimate of drug-likeness (QED) is 0.536. The van der Waals surface area contributed by atoms with Gasteiger partial charge in [-0.15, -0.1) is 12.6 Å². The third-order valence-corrected chi connectivity index (χ3v) is 3.29. The van der Waals surface area contributed by atoms with Gasteiger partial charge in [-0.1, -0.05) is 12.1 Å². The minimum absolute atomic E-state index is 0.143. The molecular formula is C10H14N2O3S2. The van der Waals surface area contributed by atoms with Gasteiger partial charge in [0.1, 0.15) is 0 Å². The number of carbonyl (C=O) groups is 1. The second-order valence-electron chi connectivity index (χ2n) is 3.49. The van der Waals surface area contributed by atoms with Gasteiger partial charge in [-0.25, -0.2) is 13.6 Å². The van der Waals surface area contributed by atoms with E-state index in [2.05, 4.69) is 17.9 Å². The average Bonchev–Trinajstić information content (AvgIpc) is 2.23. The molecule has 7 heteroatoms. The summed E-state index contributed by atoms with van der Waals surface area (Å²) < 4.78 is 21.3. The summed E-state index contributed by atoms with van der Waals surface area (Å²) in [5.74, 6) is -0.416. The number of rotatable bonds is 5. The molecule has 0 saturated heterocycles. The Morgan fingerprint density at radius 2 is 2.00 bits per heavy atom. The minimum Gasteiger partial charge on any atom is -0.352 e. The molecule has 0 saturated carbocycles. The summed E-state index contributed by atoms with van der Waals surface area (Å²) >= 11 is 4.15. The van der Waals surface area contributed by atoms with E-state index in [0.717, 1.165) is 0 Å². The highest BCUT2D eigenvalue weighted by atomic mass is 32.2. The number of nitrogens with two attached hydrogens (primary N) is 1. The fourth-order valence-electron chi connectivity index (χ4n) is 1.24. The first-order valence-corrected chi connectivity index (χ1v) is 7.13. The number of hydrogen-bond donors (Lipinski definition) is 3. The molecule has 0 aliphatic carbocycles. The molecular weight excluding hydrogens is 260 g/mol. The Morgan fingerprint density at radius 1 is 1.35 bits per heavy atom. The van der Waals surface area contributed by atoms with Crippen LogP contribution < -0.4 is 10.5 Å². The maximum absolute atomic E-state index is 11.6. The van der Waals surface area contributed by atoms with Gasteiger partial charge in [-0.3, -0.25) is 4.79 Å². The van der Waals surface area contributed by atoms with Crippen LogP contribution in [0, 0.1) is 0 Å². The summed E-state index contributed by atoms with van der Waals surface area (Å²) in [4.78, 5) is 12.2. The van der Waals surface area contributed by atoms with Gasteiger partial charge < -0.3 is 5.32 Å². The summed E-state index contributed by atoms with van der Waals surface area (Å²) in [7, 11) is -3.46. The van der Waals surface area contributed by atoms with Crippen molar-refractivity contribution in [3.8, 4) is 0 Å². The number of nitrogens with one attached hydrogen (secondary N) is 1. The largest absolute Gasteiger partial charge is 0.352 e. The van der Waals surface area contributed by atoms with Crippen LogP contribution in [0.2, 0.25) is 0 Å². The maximum Gasteiger partial charge on any atom is 0.252 e. The lowest BCUT2D eigenvalue weighted by atomic mass is 10.2. The lowest BCUT2D eigenvalue weighted by Crippen LogP contribution is -2.27. The number of primary sulfonamides is 1. The molecule has 0 heterocycles. The molecule has 0 aromatic heterocycles. The first-order chi connectivity index (χ1) is 7.90. The summed E-state index contributed by atoms with van der Waals surface area (Å²) in [5, 5.41) is 7.44. The van der Waals surface area contributed by atoms with E-state index in [1.54, 1.807) is 24.3 Å². The van der Waals surface area contributed by atoms with E-state index in [4.69, 9.17) is 5.14 Å². The van der Waals surface area contributed by atoms with Crippen LogP contribution in [0.1, 0.15) is 16.8 Å². The molecule has 0 spiro atoms. The van der Waals surface area contributed by atoms with Crippen LogP contribution in [0.5, 0.6) is 0 Å². The Kier molecular flexibility index (Phi) is 4.98. The molecule has 1 amide bonds. The molecule has 0 bridgehead atoms.